The lowest BCUT2D eigenvalue weighted by Crippen LogP contribution is -2.50. The Bertz CT molecular complexity index is 1310. The number of benzene rings is 2. The number of carbonyl (C=O) groups excluding carboxylic acids is 1. The highest BCUT2D eigenvalue weighted by atomic mass is 32.2. The van der Waals surface area contributed by atoms with Crippen molar-refractivity contribution in [1.82, 2.24) is 19.0 Å². The van der Waals surface area contributed by atoms with Crippen molar-refractivity contribution in [3.63, 3.8) is 0 Å². The molecule has 2 aromatic carbocycles. The Kier molecular flexibility index (Phi) is 6.26. The van der Waals surface area contributed by atoms with E-state index in [4.69, 9.17) is 0 Å². The van der Waals surface area contributed by atoms with Crippen LogP contribution in [-0.2, 0) is 16.2 Å². The number of nitrogens with zero attached hydrogens (tertiary/aromatic N) is 4. The molecule has 0 unspecified atom stereocenters. The van der Waals surface area contributed by atoms with Crippen LogP contribution in [0.5, 0.6) is 0 Å². The molecule has 0 spiro atoms. The molecule has 0 N–H and O–H groups in total. The van der Waals surface area contributed by atoms with Gasteiger partial charge in [0.05, 0.1) is 21.8 Å². The number of hydrogen-bond donors (Lipinski definition) is 0. The molecule has 180 valence electrons. The van der Waals surface area contributed by atoms with Crippen LogP contribution in [0.3, 0.4) is 0 Å². The third-order valence-electron chi connectivity index (χ3n) is 5.69. The molecule has 0 aliphatic carbocycles. The van der Waals surface area contributed by atoms with Gasteiger partial charge < -0.3 is 4.90 Å². The van der Waals surface area contributed by atoms with Crippen molar-refractivity contribution in [3.8, 4) is 5.69 Å². The Balaban J connectivity index is 1.43. The number of alkyl halides is 3. The van der Waals surface area contributed by atoms with Gasteiger partial charge in [0, 0.05) is 37.4 Å². The summed E-state index contributed by atoms with van der Waals surface area (Å²) in [4.78, 5) is 14.0. The topological polar surface area (TPSA) is 75.5 Å². The number of piperazine rings is 1. The molecule has 1 aromatic heterocycles. The lowest BCUT2D eigenvalue weighted by atomic mass is 10.1. The van der Waals surface area contributed by atoms with E-state index in [1.807, 2.05) is 19.9 Å². The molecular formula is C23H23F3N4O3S. The summed E-state index contributed by atoms with van der Waals surface area (Å²) in [5, 5.41) is 4.42. The van der Waals surface area contributed by atoms with Crippen LogP contribution in [0, 0.1) is 13.8 Å². The van der Waals surface area contributed by atoms with Crippen LogP contribution >= 0.6 is 0 Å². The standard InChI is InChI=1S/C23H23F3N4O3S/c1-16-14-17(2)30(27-16)20-8-6-18(7-9-20)22(31)28-10-12-29(13-11-28)34(32,33)21-5-3-4-19(15-21)23(24,25)26/h3-9,14-15H,10-13H2,1-2H3. The third-order valence-corrected chi connectivity index (χ3v) is 7.59. The monoisotopic (exact) mass is 492 g/mol. The summed E-state index contributed by atoms with van der Waals surface area (Å²) in [5.74, 6) is -0.240. The van der Waals surface area contributed by atoms with Gasteiger partial charge in [-0.05, 0) is 62.4 Å². The minimum Gasteiger partial charge on any atom is -0.336 e. The largest absolute Gasteiger partial charge is 0.416 e. The number of halogens is 3. The van der Waals surface area contributed by atoms with E-state index in [0.29, 0.717) is 11.6 Å². The number of aromatic nitrogens is 2. The van der Waals surface area contributed by atoms with Crippen LogP contribution in [0.2, 0.25) is 0 Å². The lowest BCUT2D eigenvalue weighted by molar-refractivity contribution is -0.137. The van der Waals surface area contributed by atoms with E-state index in [1.165, 1.54) is 4.90 Å². The molecule has 1 aliphatic heterocycles. The van der Waals surface area contributed by atoms with Gasteiger partial charge in [-0.3, -0.25) is 4.79 Å². The summed E-state index contributed by atoms with van der Waals surface area (Å²) in [7, 11) is -4.11. The third kappa shape index (κ3) is 4.71. The molecule has 7 nitrogen and oxygen atoms in total. The zero-order chi connectivity index (χ0) is 24.7. The van der Waals surface area contributed by atoms with Gasteiger partial charge in [0.15, 0.2) is 0 Å². The van der Waals surface area contributed by atoms with Crippen LogP contribution in [0.25, 0.3) is 5.69 Å². The van der Waals surface area contributed by atoms with E-state index in [1.54, 1.807) is 28.9 Å². The van der Waals surface area contributed by atoms with Crippen molar-refractivity contribution in [2.24, 2.45) is 0 Å². The SMILES string of the molecule is Cc1cc(C)n(-c2ccc(C(=O)N3CCN(S(=O)(=O)c4cccc(C(F)(F)F)c4)CC3)cc2)n1. The maximum absolute atomic E-state index is 13.0. The van der Waals surface area contributed by atoms with Crippen molar-refractivity contribution < 1.29 is 26.4 Å². The van der Waals surface area contributed by atoms with Crippen molar-refractivity contribution in [1.29, 1.82) is 0 Å². The molecule has 1 fully saturated rings. The minimum absolute atomic E-state index is 0.00579. The van der Waals surface area contributed by atoms with Crippen molar-refractivity contribution in [3.05, 3.63) is 77.1 Å². The highest BCUT2D eigenvalue weighted by Crippen LogP contribution is 2.31. The van der Waals surface area contributed by atoms with Crippen LogP contribution < -0.4 is 0 Å². The first-order valence-corrected chi connectivity index (χ1v) is 12.0. The predicted octanol–water partition coefficient (Wildman–Crippen LogP) is 3.65. The van der Waals surface area contributed by atoms with Gasteiger partial charge in [0.2, 0.25) is 10.0 Å². The second-order valence-electron chi connectivity index (χ2n) is 8.11. The maximum Gasteiger partial charge on any atom is 0.416 e. The van der Waals surface area contributed by atoms with E-state index in [2.05, 4.69) is 5.10 Å². The van der Waals surface area contributed by atoms with Gasteiger partial charge in [0.25, 0.3) is 5.91 Å². The second kappa shape index (κ2) is 8.88. The van der Waals surface area contributed by atoms with Crippen LogP contribution in [0.1, 0.15) is 27.3 Å². The molecule has 1 aliphatic rings. The van der Waals surface area contributed by atoms with Gasteiger partial charge in [-0.2, -0.15) is 22.6 Å². The lowest BCUT2D eigenvalue weighted by Gasteiger charge is -2.34. The molecule has 11 heteroatoms. The number of hydrogen-bond acceptors (Lipinski definition) is 4. The second-order valence-corrected chi connectivity index (χ2v) is 10.0. The van der Waals surface area contributed by atoms with Crippen molar-refractivity contribution in [2.45, 2.75) is 24.9 Å². The van der Waals surface area contributed by atoms with Crippen molar-refractivity contribution >= 4 is 15.9 Å². The van der Waals surface area contributed by atoms with E-state index < -0.39 is 26.7 Å². The summed E-state index contributed by atoms with van der Waals surface area (Å²) >= 11 is 0. The Morgan fingerprint density at radius 1 is 0.941 bits per heavy atom. The van der Waals surface area contributed by atoms with Crippen molar-refractivity contribution in [2.75, 3.05) is 26.2 Å². The Morgan fingerprint density at radius 3 is 2.15 bits per heavy atom. The number of amides is 1. The number of aryl methyl sites for hydroxylation is 2. The summed E-state index contributed by atoms with van der Waals surface area (Å²) < 4.78 is 67.6. The zero-order valence-electron chi connectivity index (χ0n) is 18.6. The molecule has 0 bridgehead atoms. The Morgan fingerprint density at radius 2 is 1.59 bits per heavy atom. The zero-order valence-corrected chi connectivity index (χ0v) is 19.4. The van der Waals surface area contributed by atoms with E-state index in [0.717, 1.165) is 39.6 Å². The number of carbonyl (C=O) groups is 1. The highest BCUT2D eigenvalue weighted by molar-refractivity contribution is 7.89. The molecule has 0 saturated carbocycles. The number of rotatable bonds is 4. The van der Waals surface area contributed by atoms with Crippen LogP contribution in [0.4, 0.5) is 13.2 Å². The molecule has 0 atom stereocenters. The molecular weight excluding hydrogens is 469 g/mol. The molecule has 2 heterocycles. The van der Waals surface area contributed by atoms with E-state index >= 15 is 0 Å². The first-order valence-electron chi connectivity index (χ1n) is 10.6. The van der Waals surface area contributed by atoms with Gasteiger partial charge in [-0.25, -0.2) is 13.1 Å². The average molecular weight is 493 g/mol. The minimum atomic E-state index is -4.64. The van der Waals surface area contributed by atoms with Gasteiger partial charge in [-0.15, -0.1) is 0 Å². The fourth-order valence-electron chi connectivity index (χ4n) is 3.93. The maximum atomic E-state index is 13.0. The van der Waals surface area contributed by atoms with Crippen LogP contribution in [0.15, 0.2) is 59.5 Å². The van der Waals surface area contributed by atoms with Gasteiger partial charge in [-0.1, -0.05) is 6.07 Å². The molecule has 4 rings (SSSR count). The predicted molar refractivity (Wildman–Crippen MR) is 119 cm³/mol. The smallest absolute Gasteiger partial charge is 0.336 e. The highest BCUT2D eigenvalue weighted by Gasteiger charge is 2.34. The molecule has 34 heavy (non-hydrogen) atoms. The molecule has 1 amide bonds. The molecule has 3 aromatic rings. The molecule has 0 radical (unpaired) electrons. The fraction of sp³-hybridized carbons (Fsp3) is 0.304. The Hall–Kier alpha value is -3.18. The quantitative estimate of drug-likeness (QED) is 0.557. The summed E-state index contributed by atoms with van der Waals surface area (Å²) in [5.41, 5.74) is 2.11. The Labute approximate surface area is 195 Å². The van der Waals surface area contributed by atoms with Gasteiger partial charge in [0.1, 0.15) is 0 Å². The number of sulfonamides is 1. The van der Waals surface area contributed by atoms with Crippen LogP contribution in [-0.4, -0.2) is 59.5 Å². The van der Waals surface area contributed by atoms with E-state index in [-0.39, 0.29) is 32.1 Å². The summed E-state index contributed by atoms with van der Waals surface area (Å²) in [6, 6.07) is 12.6. The summed E-state index contributed by atoms with van der Waals surface area (Å²) in [6.45, 7) is 4.09. The first-order chi connectivity index (χ1) is 16.0. The fourth-order valence-corrected chi connectivity index (χ4v) is 5.40. The average Bonchev–Trinajstić information content (AvgIpc) is 3.16. The summed E-state index contributed by atoms with van der Waals surface area (Å²) in [6.07, 6.45) is -4.64. The first kappa shape index (κ1) is 24.0. The normalized spacial score (nSPS) is 15.5. The molecule has 1 saturated heterocycles. The van der Waals surface area contributed by atoms with E-state index in [9.17, 15) is 26.4 Å². The van der Waals surface area contributed by atoms with Gasteiger partial charge >= 0.3 is 6.18 Å².